The Morgan fingerprint density at radius 1 is 0.963 bits per heavy atom. The van der Waals surface area contributed by atoms with E-state index in [1.54, 1.807) is 0 Å². The first-order chi connectivity index (χ1) is 12.8. The Labute approximate surface area is 164 Å². The molecule has 0 aromatic heterocycles. The zero-order valence-corrected chi connectivity index (χ0v) is 17.5. The summed E-state index contributed by atoms with van der Waals surface area (Å²) in [6.45, 7) is 5.57. The van der Waals surface area contributed by atoms with Gasteiger partial charge in [0.2, 0.25) is 0 Å². The number of rotatable bonds is 4. The van der Waals surface area contributed by atoms with E-state index in [-0.39, 0.29) is 18.1 Å². The molecule has 2 atom stereocenters. The second kappa shape index (κ2) is 8.83. The Kier molecular flexibility index (Phi) is 6.69. The maximum Gasteiger partial charge on any atom is 0.418 e. The van der Waals surface area contributed by atoms with Crippen LogP contribution in [0.5, 0.6) is 0 Å². The molecule has 0 aromatic rings. The molecule has 0 radical (unpaired) electrons. The second-order valence-electron chi connectivity index (χ2n) is 9.95. The second-order valence-corrected chi connectivity index (χ2v) is 9.95. The number of urea groups is 1. The van der Waals surface area contributed by atoms with Crippen LogP contribution in [0.2, 0.25) is 0 Å². The van der Waals surface area contributed by atoms with Crippen molar-refractivity contribution >= 4 is 12.1 Å². The van der Waals surface area contributed by atoms with Crippen LogP contribution in [0.15, 0.2) is 0 Å². The van der Waals surface area contributed by atoms with Gasteiger partial charge in [0.1, 0.15) is 5.60 Å². The van der Waals surface area contributed by atoms with Crippen LogP contribution in [0.3, 0.4) is 0 Å². The molecule has 2 saturated carbocycles. The van der Waals surface area contributed by atoms with Crippen LogP contribution in [0.4, 0.5) is 9.59 Å². The monoisotopic (exact) mass is 378 g/mol. The van der Waals surface area contributed by atoms with Crippen LogP contribution in [-0.2, 0) is 4.74 Å². The lowest BCUT2D eigenvalue weighted by Crippen LogP contribution is -2.45. The van der Waals surface area contributed by atoms with Crippen molar-refractivity contribution < 1.29 is 14.3 Å². The zero-order valence-electron chi connectivity index (χ0n) is 17.5. The molecule has 3 aliphatic rings. The van der Waals surface area contributed by atoms with Crippen LogP contribution >= 0.6 is 0 Å². The van der Waals surface area contributed by atoms with E-state index >= 15 is 0 Å². The SMILES string of the molecule is CC(C)(C)OC(=O)N1C(=O)N[C@@H](CC2CCCCC2)[C@@H]1CC1CCCCC1. The van der Waals surface area contributed by atoms with Crippen LogP contribution in [0, 0.1) is 11.8 Å². The molecule has 0 bridgehead atoms. The smallest absolute Gasteiger partial charge is 0.418 e. The molecule has 3 fully saturated rings. The lowest BCUT2D eigenvalue weighted by molar-refractivity contribution is 0.0261. The number of imide groups is 1. The van der Waals surface area contributed by atoms with E-state index in [1.165, 1.54) is 69.1 Å². The van der Waals surface area contributed by atoms with Crippen LogP contribution < -0.4 is 5.32 Å². The first-order valence-corrected chi connectivity index (χ1v) is 11.2. The number of nitrogens with one attached hydrogen (secondary N) is 1. The topological polar surface area (TPSA) is 58.6 Å². The van der Waals surface area contributed by atoms with Crippen LogP contribution in [0.25, 0.3) is 0 Å². The number of carbonyl (C=O) groups is 2. The Bertz CT molecular complexity index is 516. The van der Waals surface area contributed by atoms with E-state index < -0.39 is 11.7 Å². The highest BCUT2D eigenvalue weighted by Crippen LogP contribution is 2.35. The minimum Gasteiger partial charge on any atom is -0.443 e. The standard InChI is InChI=1S/C22H38N2O3/c1-22(2,3)27-21(26)24-19(15-17-12-8-5-9-13-17)18(23-20(24)25)14-16-10-6-4-7-11-16/h16-19H,4-15H2,1-3H3,(H,23,25)/t18-,19-/m0/s1. The quantitative estimate of drug-likeness (QED) is 0.690. The van der Waals surface area contributed by atoms with Gasteiger partial charge in [0.05, 0.1) is 12.1 Å². The minimum atomic E-state index is -0.589. The summed E-state index contributed by atoms with van der Waals surface area (Å²) in [5, 5.41) is 3.14. The number of hydrogen-bond acceptors (Lipinski definition) is 3. The van der Waals surface area contributed by atoms with Gasteiger partial charge in [-0.25, -0.2) is 14.5 Å². The average Bonchev–Trinajstić information content (AvgIpc) is 2.90. The molecule has 3 rings (SSSR count). The summed E-state index contributed by atoms with van der Waals surface area (Å²) in [6, 6.07) is -0.238. The fraction of sp³-hybridized carbons (Fsp3) is 0.909. The fourth-order valence-corrected chi connectivity index (χ4v) is 5.22. The van der Waals surface area contributed by atoms with Crippen LogP contribution in [-0.4, -0.2) is 34.7 Å². The van der Waals surface area contributed by atoms with Gasteiger partial charge in [0, 0.05) is 0 Å². The third-order valence-electron chi connectivity index (χ3n) is 6.53. The van der Waals surface area contributed by atoms with Gasteiger partial charge in [-0.15, -0.1) is 0 Å². The Hall–Kier alpha value is -1.26. The highest BCUT2D eigenvalue weighted by Gasteiger charge is 2.46. The van der Waals surface area contributed by atoms with E-state index in [4.69, 9.17) is 4.74 Å². The Morgan fingerprint density at radius 3 is 2.00 bits per heavy atom. The average molecular weight is 379 g/mol. The molecule has 27 heavy (non-hydrogen) atoms. The van der Waals surface area contributed by atoms with Crippen molar-refractivity contribution in [2.75, 3.05) is 0 Å². The maximum absolute atomic E-state index is 12.8. The Balaban J connectivity index is 1.72. The summed E-state index contributed by atoms with van der Waals surface area (Å²) in [5.41, 5.74) is -0.589. The van der Waals surface area contributed by atoms with Gasteiger partial charge in [-0.05, 0) is 45.4 Å². The molecule has 1 N–H and O–H groups in total. The van der Waals surface area contributed by atoms with Gasteiger partial charge in [0.15, 0.2) is 0 Å². The summed E-state index contributed by atoms with van der Waals surface area (Å²) in [4.78, 5) is 26.9. The first kappa shape index (κ1) is 20.5. The van der Waals surface area contributed by atoms with Gasteiger partial charge >= 0.3 is 12.1 Å². The predicted molar refractivity (Wildman–Crippen MR) is 107 cm³/mol. The van der Waals surface area contributed by atoms with Gasteiger partial charge in [-0.1, -0.05) is 64.2 Å². The molecular formula is C22H38N2O3. The molecule has 0 unspecified atom stereocenters. The molecule has 5 heteroatoms. The summed E-state index contributed by atoms with van der Waals surface area (Å²) < 4.78 is 5.58. The van der Waals surface area contributed by atoms with Crippen molar-refractivity contribution in [1.82, 2.24) is 10.2 Å². The number of amides is 3. The van der Waals surface area contributed by atoms with Crippen molar-refractivity contribution in [3.8, 4) is 0 Å². The van der Waals surface area contributed by atoms with Crippen molar-refractivity contribution in [3.05, 3.63) is 0 Å². The van der Waals surface area contributed by atoms with Gasteiger partial charge in [-0.3, -0.25) is 0 Å². The maximum atomic E-state index is 12.8. The molecule has 1 saturated heterocycles. The first-order valence-electron chi connectivity index (χ1n) is 11.2. The van der Waals surface area contributed by atoms with Gasteiger partial charge < -0.3 is 10.1 Å². The fourth-order valence-electron chi connectivity index (χ4n) is 5.22. The molecule has 0 spiro atoms. The predicted octanol–water partition coefficient (Wildman–Crippen LogP) is 5.62. The molecule has 1 aliphatic heterocycles. The number of nitrogens with zero attached hydrogens (tertiary/aromatic N) is 1. The lowest BCUT2D eigenvalue weighted by atomic mass is 9.79. The van der Waals surface area contributed by atoms with E-state index in [0.717, 1.165) is 12.8 Å². The minimum absolute atomic E-state index is 0.0580. The molecule has 154 valence electrons. The van der Waals surface area contributed by atoms with Crippen molar-refractivity contribution in [3.63, 3.8) is 0 Å². The molecule has 5 nitrogen and oxygen atoms in total. The van der Waals surface area contributed by atoms with Gasteiger partial charge in [-0.2, -0.15) is 0 Å². The third-order valence-corrected chi connectivity index (χ3v) is 6.53. The summed E-state index contributed by atoms with van der Waals surface area (Å²) in [6.07, 6.45) is 14.2. The molecular weight excluding hydrogens is 340 g/mol. The summed E-state index contributed by atoms with van der Waals surface area (Å²) >= 11 is 0. The zero-order chi connectivity index (χ0) is 19.4. The van der Waals surface area contributed by atoms with E-state index in [0.29, 0.717) is 11.8 Å². The van der Waals surface area contributed by atoms with E-state index in [1.807, 2.05) is 20.8 Å². The summed E-state index contributed by atoms with van der Waals surface area (Å²) in [7, 11) is 0. The highest BCUT2D eigenvalue weighted by atomic mass is 16.6. The molecule has 2 aliphatic carbocycles. The van der Waals surface area contributed by atoms with Crippen molar-refractivity contribution in [2.45, 2.75) is 116 Å². The number of ether oxygens (including phenoxy) is 1. The highest BCUT2D eigenvalue weighted by molar-refractivity contribution is 5.93. The van der Waals surface area contributed by atoms with Crippen LogP contribution in [0.1, 0.15) is 97.8 Å². The largest absolute Gasteiger partial charge is 0.443 e. The van der Waals surface area contributed by atoms with Gasteiger partial charge in [0.25, 0.3) is 0 Å². The molecule has 1 heterocycles. The Morgan fingerprint density at radius 2 is 1.48 bits per heavy atom. The van der Waals surface area contributed by atoms with E-state index in [2.05, 4.69) is 5.32 Å². The normalized spacial score (nSPS) is 28.3. The van der Waals surface area contributed by atoms with Crippen molar-refractivity contribution in [1.29, 1.82) is 0 Å². The molecule has 0 aromatic carbocycles. The number of carbonyl (C=O) groups excluding carboxylic acids is 2. The molecule has 3 amide bonds. The third kappa shape index (κ3) is 5.61. The lowest BCUT2D eigenvalue weighted by Gasteiger charge is -2.33. The number of hydrogen-bond donors (Lipinski definition) is 1. The summed E-state index contributed by atoms with van der Waals surface area (Å²) in [5.74, 6) is 1.30. The van der Waals surface area contributed by atoms with E-state index in [9.17, 15) is 9.59 Å². The van der Waals surface area contributed by atoms with Crippen molar-refractivity contribution in [2.24, 2.45) is 11.8 Å².